The molecule has 0 aliphatic carbocycles. The van der Waals surface area contributed by atoms with Crippen LogP contribution in [-0.2, 0) is 14.8 Å². The van der Waals surface area contributed by atoms with Crippen LogP contribution in [0.2, 0.25) is 5.02 Å². The van der Waals surface area contributed by atoms with Crippen molar-refractivity contribution in [1.82, 2.24) is 4.31 Å². The SMILES string of the molecule is COCC1CCCN(S(=O)(=O)c2cc(Cl)c(Br)s2)C1. The Hall–Kier alpha value is 0.340. The Labute approximate surface area is 130 Å². The highest BCUT2D eigenvalue weighted by molar-refractivity contribution is 9.11. The Bertz CT molecular complexity index is 525. The lowest BCUT2D eigenvalue weighted by molar-refractivity contribution is 0.118. The average Bonchev–Trinajstić information content (AvgIpc) is 2.71. The summed E-state index contributed by atoms with van der Waals surface area (Å²) in [4.78, 5) is 0. The molecule has 1 fully saturated rings. The van der Waals surface area contributed by atoms with E-state index in [0.29, 0.717) is 32.7 Å². The molecule has 1 atom stereocenters. The van der Waals surface area contributed by atoms with Crippen LogP contribution in [0.15, 0.2) is 14.1 Å². The molecule has 8 heteroatoms. The molecule has 1 saturated heterocycles. The first-order valence-electron chi connectivity index (χ1n) is 5.89. The minimum Gasteiger partial charge on any atom is -0.384 e. The third kappa shape index (κ3) is 3.51. The fourth-order valence-electron chi connectivity index (χ4n) is 2.20. The van der Waals surface area contributed by atoms with Crippen LogP contribution in [-0.4, -0.2) is 39.5 Å². The van der Waals surface area contributed by atoms with Crippen molar-refractivity contribution < 1.29 is 13.2 Å². The number of rotatable bonds is 4. The predicted molar refractivity (Wildman–Crippen MR) is 80.4 cm³/mol. The van der Waals surface area contributed by atoms with Crippen molar-refractivity contribution in [1.29, 1.82) is 0 Å². The highest BCUT2D eigenvalue weighted by Gasteiger charge is 2.31. The van der Waals surface area contributed by atoms with Gasteiger partial charge in [0, 0.05) is 20.2 Å². The summed E-state index contributed by atoms with van der Waals surface area (Å²) >= 11 is 10.3. The number of ether oxygens (including phenoxy) is 1. The maximum absolute atomic E-state index is 12.5. The minimum atomic E-state index is -3.43. The van der Waals surface area contributed by atoms with Crippen molar-refractivity contribution >= 4 is 48.9 Å². The lowest BCUT2D eigenvalue weighted by Gasteiger charge is -2.31. The van der Waals surface area contributed by atoms with Crippen LogP contribution in [0.3, 0.4) is 0 Å². The Balaban J connectivity index is 2.19. The molecule has 108 valence electrons. The second-order valence-electron chi connectivity index (χ2n) is 4.51. The van der Waals surface area contributed by atoms with Crippen LogP contribution in [0.5, 0.6) is 0 Å². The summed E-state index contributed by atoms with van der Waals surface area (Å²) in [5.74, 6) is 0.271. The summed E-state index contributed by atoms with van der Waals surface area (Å²) in [6.07, 6.45) is 1.88. The Morgan fingerprint density at radius 3 is 2.95 bits per heavy atom. The molecule has 1 aromatic heterocycles. The second-order valence-corrected chi connectivity index (χ2v) is 9.46. The van der Waals surface area contributed by atoms with E-state index in [9.17, 15) is 8.42 Å². The van der Waals surface area contributed by atoms with Crippen LogP contribution in [0.1, 0.15) is 12.8 Å². The van der Waals surface area contributed by atoms with E-state index in [1.807, 2.05) is 0 Å². The van der Waals surface area contributed by atoms with Crippen molar-refractivity contribution in [2.24, 2.45) is 5.92 Å². The summed E-state index contributed by atoms with van der Waals surface area (Å²) in [6.45, 7) is 1.68. The van der Waals surface area contributed by atoms with E-state index in [1.54, 1.807) is 7.11 Å². The van der Waals surface area contributed by atoms with E-state index >= 15 is 0 Å². The number of hydrogen-bond acceptors (Lipinski definition) is 4. The number of methoxy groups -OCH3 is 1. The highest BCUT2D eigenvalue weighted by Crippen LogP contribution is 2.36. The third-order valence-corrected chi connectivity index (χ3v) is 7.89. The molecular formula is C11H15BrClNO3S2. The standard InChI is InChI=1S/C11H15BrClNO3S2/c1-17-7-8-3-2-4-14(6-8)19(15,16)10-5-9(13)11(12)18-10/h5,8H,2-4,6-7H2,1H3. The van der Waals surface area contributed by atoms with Gasteiger partial charge in [-0.15, -0.1) is 11.3 Å². The number of piperidine rings is 1. The fourth-order valence-corrected chi connectivity index (χ4v) is 6.31. The molecule has 1 aliphatic heterocycles. The summed E-state index contributed by atoms with van der Waals surface area (Å²) in [5.41, 5.74) is 0. The quantitative estimate of drug-likeness (QED) is 0.795. The smallest absolute Gasteiger partial charge is 0.252 e. The zero-order valence-electron chi connectivity index (χ0n) is 10.4. The molecule has 0 aromatic carbocycles. The third-order valence-electron chi connectivity index (χ3n) is 3.10. The topological polar surface area (TPSA) is 46.6 Å². The molecule has 1 aliphatic rings. The summed E-state index contributed by atoms with van der Waals surface area (Å²) in [7, 11) is -1.79. The number of sulfonamides is 1. The van der Waals surface area contributed by atoms with Gasteiger partial charge in [-0.3, -0.25) is 0 Å². The zero-order valence-corrected chi connectivity index (χ0v) is 14.4. The van der Waals surface area contributed by atoms with Gasteiger partial charge in [0.2, 0.25) is 0 Å². The molecule has 0 amide bonds. The molecule has 4 nitrogen and oxygen atoms in total. The van der Waals surface area contributed by atoms with Crippen molar-refractivity contribution in [2.45, 2.75) is 17.1 Å². The number of hydrogen-bond donors (Lipinski definition) is 0. The number of nitrogens with zero attached hydrogens (tertiary/aromatic N) is 1. The molecule has 2 heterocycles. The summed E-state index contributed by atoms with van der Waals surface area (Å²) < 4.78 is 32.6. The summed E-state index contributed by atoms with van der Waals surface area (Å²) in [5, 5.41) is 0.439. The number of thiophene rings is 1. The van der Waals surface area contributed by atoms with Gasteiger partial charge in [0.25, 0.3) is 10.0 Å². The van der Waals surface area contributed by atoms with Crippen molar-refractivity contribution in [3.8, 4) is 0 Å². The van der Waals surface area contributed by atoms with Gasteiger partial charge in [-0.1, -0.05) is 11.6 Å². The minimum absolute atomic E-state index is 0.271. The molecule has 1 aromatic rings. The Morgan fingerprint density at radius 2 is 2.37 bits per heavy atom. The number of halogens is 2. The van der Waals surface area contributed by atoms with E-state index in [4.69, 9.17) is 16.3 Å². The Kier molecular flexibility index (Phi) is 5.30. The van der Waals surface area contributed by atoms with Crippen LogP contribution >= 0.6 is 38.9 Å². The van der Waals surface area contributed by atoms with Gasteiger partial charge in [0.05, 0.1) is 15.4 Å². The van der Waals surface area contributed by atoms with Gasteiger partial charge in [-0.2, -0.15) is 4.31 Å². The maximum Gasteiger partial charge on any atom is 0.252 e. The van der Waals surface area contributed by atoms with Gasteiger partial charge in [-0.25, -0.2) is 8.42 Å². The molecule has 0 saturated carbocycles. The molecule has 0 N–H and O–H groups in total. The Morgan fingerprint density at radius 1 is 1.63 bits per heavy atom. The average molecular weight is 389 g/mol. The van der Waals surface area contributed by atoms with Gasteiger partial charge in [0.1, 0.15) is 4.21 Å². The van der Waals surface area contributed by atoms with Crippen LogP contribution in [0.4, 0.5) is 0 Å². The monoisotopic (exact) mass is 387 g/mol. The van der Waals surface area contributed by atoms with E-state index < -0.39 is 10.0 Å². The van der Waals surface area contributed by atoms with Gasteiger partial charge < -0.3 is 4.74 Å². The molecule has 1 unspecified atom stereocenters. The lowest BCUT2D eigenvalue weighted by Crippen LogP contribution is -2.40. The molecule has 0 bridgehead atoms. The normalized spacial score (nSPS) is 21.7. The zero-order chi connectivity index (χ0) is 14.0. The van der Waals surface area contributed by atoms with Gasteiger partial charge in [-0.05, 0) is 40.8 Å². The van der Waals surface area contributed by atoms with Crippen LogP contribution < -0.4 is 0 Å². The van der Waals surface area contributed by atoms with Crippen LogP contribution in [0.25, 0.3) is 0 Å². The predicted octanol–water partition coefficient (Wildman–Crippen LogP) is 3.21. The first-order chi connectivity index (χ1) is 8.95. The largest absolute Gasteiger partial charge is 0.384 e. The molecule has 0 spiro atoms. The maximum atomic E-state index is 12.5. The lowest BCUT2D eigenvalue weighted by atomic mass is 10.0. The van der Waals surface area contributed by atoms with E-state index in [1.165, 1.54) is 10.4 Å². The van der Waals surface area contributed by atoms with Crippen molar-refractivity contribution in [3.05, 3.63) is 14.9 Å². The van der Waals surface area contributed by atoms with Gasteiger partial charge in [0.15, 0.2) is 0 Å². The first kappa shape index (κ1) is 15.7. The van der Waals surface area contributed by atoms with E-state index in [2.05, 4.69) is 15.9 Å². The second kappa shape index (κ2) is 6.41. The first-order valence-corrected chi connectivity index (χ1v) is 9.32. The van der Waals surface area contributed by atoms with Gasteiger partial charge >= 0.3 is 0 Å². The van der Waals surface area contributed by atoms with E-state index in [-0.39, 0.29) is 5.92 Å². The van der Waals surface area contributed by atoms with Crippen molar-refractivity contribution in [2.75, 3.05) is 26.8 Å². The molecule has 2 rings (SSSR count). The van der Waals surface area contributed by atoms with Crippen LogP contribution in [0, 0.1) is 5.92 Å². The molecule has 0 radical (unpaired) electrons. The van der Waals surface area contributed by atoms with Crippen molar-refractivity contribution in [3.63, 3.8) is 0 Å². The fraction of sp³-hybridized carbons (Fsp3) is 0.636. The molecular weight excluding hydrogens is 374 g/mol. The van der Waals surface area contributed by atoms with E-state index in [0.717, 1.165) is 24.2 Å². The highest BCUT2D eigenvalue weighted by atomic mass is 79.9. The summed E-state index contributed by atoms with van der Waals surface area (Å²) in [6, 6.07) is 1.51. The molecule has 19 heavy (non-hydrogen) atoms.